The summed E-state index contributed by atoms with van der Waals surface area (Å²) in [5.41, 5.74) is 0. The average molecular weight is 334 g/mol. The van der Waals surface area contributed by atoms with E-state index >= 15 is 0 Å². The number of carbonyl (C=O) groups excluding carboxylic acids is 1. The minimum absolute atomic E-state index is 0.00345. The summed E-state index contributed by atoms with van der Waals surface area (Å²) in [6, 6.07) is 4.49. The molecule has 116 valence electrons. The number of hydrogen-bond acceptors (Lipinski definition) is 3. The lowest BCUT2D eigenvalue weighted by Gasteiger charge is -2.18. The zero-order valence-electron chi connectivity index (χ0n) is 11.7. The first-order valence-electron chi connectivity index (χ1n) is 6.43. The number of amides is 1. The topological polar surface area (TPSA) is 75.6 Å². The molecule has 0 aliphatic rings. The molecule has 1 aromatic rings. The van der Waals surface area contributed by atoms with Crippen LogP contribution in [0, 0.1) is 0 Å². The zero-order valence-corrected chi connectivity index (χ0v) is 13.2. The van der Waals surface area contributed by atoms with Gasteiger partial charge in [-0.25, -0.2) is 0 Å². The highest BCUT2D eigenvalue weighted by molar-refractivity contribution is 6.42. The number of rotatable bonds is 7. The van der Waals surface area contributed by atoms with Crippen molar-refractivity contribution in [2.75, 3.05) is 0 Å². The molecule has 0 aromatic heterocycles. The number of halogens is 2. The second-order valence-corrected chi connectivity index (χ2v) is 5.49. The van der Waals surface area contributed by atoms with Gasteiger partial charge in [0, 0.05) is 18.5 Å². The molecule has 0 radical (unpaired) electrons. The first-order valence-corrected chi connectivity index (χ1v) is 7.19. The predicted molar refractivity (Wildman–Crippen MR) is 81.0 cm³/mol. The van der Waals surface area contributed by atoms with Gasteiger partial charge in [0.05, 0.1) is 10.0 Å². The summed E-state index contributed by atoms with van der Waals surface area (Å²) in [5.74, 6) is -0.777. The third kappa shape index (κ3) is 6.23. The minimum Gasteiger partial charge on any atom is -0.481 e. The van der Waals surface area contributed by atoms with Crippen molar-refractivity contribution in [1.29, 1.82) is 0 Å². The summed E-state index contributed by atoms with van der Waals surface area (Å²) in [6.45, 7) is 3.34. The number of carbonyl (C=O) groups is 2. The van der Waals surface area contributed by atoms with Crippen molar-refractivity contribution in [3.05, 3.63) is 28.2 Å². The molecule has 0 heterocycles. The van der Waals surface area contributed by atoms with Crippen molar-refractivity contribution in [2.45, 2.75) is 38.8 Å². The third-order valence-electron chi connectivity index (χ3n) is 2.75. The van der Waals surface area contributed by atoms with Gasteiger partial charge in [-0.15, -0.1) is 0 Å². The van der Waals surface area contributed by atoms with Gasteiger partial charge >= 0.3 is 5.97 Å². The molecule has 0 aliphatic carbocycles. The highest BCUT2D eigenvalue weighted by Gasteiger charge is 2.17. The molecule has 2 atom stereocenters. The van der Waals surface area contributed by atoms with Crippen LogP contribution in [0.25, 0.3) is 0 Å². The molecule has 21 heavy (non-hydrogen) atoms. The number of nitrogens with one attached hydrogen (secondary N) is 1. The molecule has 0 spiro atoms. The van der Waals surface area contributed by atoms with E-state index in [9.17, 15) is 9.59 Å². The van der Waals surface area contributed by atoms with Crippen molar-refractivity contribution >= 4 is 35.1 Å². The molecule has 0 saturated carbocycles. The van der Waals surface area contributed by atoms with Crippen LogP contribution >= 0.6 is 23.2 Å². The Kier molecular flexibility index (Phi) is 6.78. The lowest BCUT2D eigenvalue weighted by Crippen LogP contribution is -2.41. The molecule has 0 aliphatic heterocycles. The first kappa shape index (κ1) is 17.6. The summed E-state index contributed by atoms with van der Waals surface area (Å²) in [7, 11) is 0. The molecule has 7 heteroatoms. The Bertz CT molecular complexity index is 522. The predicted octanol–water partition coefficient (Wildman–Crippen LogP) is 3.13. The standard InChI is InChI=1S/C14H17Cl2NO4/c1-8(3-6-13(18)19)17-14(20)9(2)21-10-4-5-11(15)12(16)7-10/h4-5,7-9H,3,6H2,1-2H3,(H,17,20)(H,18,19). The third-order valence-corrected chi connectivity index (χ3v) is 3.49. The fourth-order valence-corrected chi connectivity index (χ4v) is 1.87. The maximum Gasteiger partial charge on any atom is 0.303 e. The van der Waals surface area contributed by atoms with Gasteiger partial charge in [0.25, 0.3) is 5.91 Å². The molecule has 0 fully saturated rings. The molecular weight excluding hydrogens is 317 g/mol. The summed E-state index contributed by atoms with van der Waals surface area (Å²) in [4.78, 5) is 22.4. The molecule has 1 amide bonds. The maximum absolute atomic E-state index is 11.9. The fraction of sp³-hybridized carbons (Fsp3) is 0.429. The molecule has 1 rings (SSSR count). The van der Waals surface area contributed by atoms with E-state index in [-0.39, 0.29) is 18.4 Å². The zero-order chi connectivity index (χ0) is 16.0. The van der Waals surface area contributed by atoms with Crippen molar-refractivity contribution in [1.82, 2.24) is 5.32 Å². The summed E-state index contributed by atoms with van der Waals surface area (Å²) >= 11 is 11.7. The second-order valence-electron chi connectivity index (χ2n) is 4.68. The SMILES string of the molecule is CC(CCC(=O)O)NC(=O)C(C)Oc1ccc(Cl)c(Cl)c1. The van der Waals surface area contributed by atoms with E-state index < -0.39 is 12.1 Å². The van der Waals surface area contributed by atoms with E-state index in [1.807, 2.05) is 0 Å². The number of ether oxygens (including phenoxy) is 1. The van der Waals surface area contributed by atoms with E-state index in [0.29, 0.717) is 22.2 Å². The van der Waals surface area contributed by atoms with Crippen molar-refractivity contribution in [2.24, 2.45) is 0 Å². The van der Waals surface area contributed by atoms with E-state index in [1.165, 1.54) is 6.07 Å². The lowest BCUT2D eigenvalue weighted by molar-refractivity contribution is -0.137. The largest absolute Gasteiger partial charge is 0.481 e. The van der Waals surface area contributed by atoms with Gasteiger partial charge in [-0.3, -0.25) is 9.59 Å². The lowest BCUT2D eigenvalue weighted by atomic mass is 10.2. The Labute approximate surface area is 133 Å². The summed E-state index contributed by atoms with van der Waals surface area (Å²) in [6.07, 6.45) is -0.362. The molecule has 0 saturated heterocycles. The molecular formula is C14H17Cl2NO4. The fourth-order valence-electron chi connectivity index (χ4n) is 1.58. The minimum atomic E-state index is -0.892. The Morgan fingerprint density at radius 2 is 1.95 bits per heavy atom. The molecule has 2 unspecified atom stereocenters. The Hall–Kier alpha value is -1.46. The number of carboxylic acid groups (broad SMARTS) is 1. The van der Waals surface area contributed by atoms with Crippen LogP contribution in [0.15, 0.2) is 18.2 Å². The number of aliphatic carboxylic acids is 1. The van der Waals surface area contributed by atoms with E-state index in [1.54, 1.807) is 26.0 Å². The number of carboxylic acids is 1. The normalized spacial score (nSPS) is 13.3. The van der Waals surface area contributed by atoms with Crippen LogP contribution in [0.3, 0.4) is 0 Å². The van der Waals surface area contributed by atoms with Crippen molar-refractivity contribution in [3.63, 3.8) is 0 Å². The monoisotopic (exact) mass is 333 g/mol. The van der Waals surface area contributed by atoms with E-state index in [4.69, 9.17) is 33.0 Å². The van der Waals surface area contributed by atoms with Crippen molar-refractivity contribution in [3.8, 4) is 5.75 Å². The van der Waals surface area contributed by atoms with E-state index in [2.05, 4.69) is 5.32 Å². The molecule has 5 nitrogen and oxygen atoms in total. The summed E-state index contributed by atoms with van der Waals surface area (Å²) < 4.78 is 5.47. The Balaban J connectivity index is 2.50. The van der Waals surface area contributed by atoms with Gasteiger partial charge in [-0.05, 0) is 32.4 Å². The van der Waals surface area contributed by atoms with Crippen molar-refractivity contribution < 1.29 is 19.4 Å². The average Bonchev–Trinajstić information content (AvgIpc) is 2.40. The highest BCUT2D eigenvalue weighted by Crippen LogP contribution is 2.26. The Morgan fingerprint density at radius 3 is 2.52 bits per heavy atom. The smallest absolute Gasteiger partial charge is 0.303 e. The van der Waals surface area contributed by atoms with Crippen LogP contribution in [0.2, 0.25) is 10.0 Å². The van der Waals surface area contributed by atoms with Crippen LogP contribution in [0.1, 0.15) is 26.7 Å². The van der Waals surface area contributed by atoms with Gasteiger partial charge in [0.2, 0.25) is 0 Å². The highest BCUT2D eigenvalue weighted by atomic mass is 35.5. The van der Waals surface area contributed by atoms with Gasteiger partial charge in [0.1, 0.15) is 5.75 Å². The molecule has 1 aromatic carbocycles. The van der Waals surface area contributed by atoms with Crippen LogP contribution < -0.4 is 10.1 Å². The van der Waals surface area contributed by atoms with Crippen LogP contribution in [0.5, 0.6) is 5.75 Å². The molecule has 0 bridgehead atoms. The van der Waals surface area contributed by atoms with Crippen LogP contribution in [0.4, 0.5) is 0 Å². The van der Waals surface area contributed by atoms with E-state index in [0.717, 1.165) is 0 Å². The van der Waals surface area contributed by atoms with Gasteiger partial charge in [-0.2, -0.15) is 0 Å². The second kappa shape index (κ2) is 8.10. The quantitative estimate of drug-likeness (QED) is 0.803. The van der Waals surface area contributed by atoms with Gasteiger partial charge < -0.3 is 15.2 Å². The molecule has 2 N–H and O–H groups in total. The Morgan fingerprint density at radius 1 is 1.29 bits per heavy atom. The number of hydrogen-bond donors (Lipinski definition) is 2. The number of benzene rings is 1. The van der Waals surface area contributed by atoms with Crippen LogP contribution in [-0.4, -0.2) is 29.1 Å². The summed E-state index contributed by atoms with van der Waals surface area (Å²) in [5, 5.41) is 12.0. The maximum atomic E-state index is 11.9. The first-order chi connectivity index (χ1) is 9.79. The van der Waals surface area contributed by atoms with Gasteiger partial charge in [0.15, 0.2) is 6.10 Å². The van der Waals surface area contributed by atoms with Gasteiger partial charge in [-0.1, -0.05) is 23.2 Å². The van der Waals surface area contributed by atoms with Crippen LogP contribution in [-0.2, 0) is 9.59 Å².